The summed E-state index contributed by atoms with van der Waals surface area (Å²) in [6.45, 7) is 5.55. The number of carbonyl (C=O) groups excluding carboxylic acids is 1. The van der Waals surface area contributed by atoms with Gasteiger partial charge in [0.15, 0.2) is 0 Å². The molecule has 5 nitrogen and oxygen atoms in total. The quantitative estimate of drug-likeness (QED) is 0.879. The van der Waals surface area contributed by atoms with E-state index in [9.17, 15) is 13.6 Å². The zero-order valence-electron chi connectivity index (χ0n) is 15.2. The molecule has 0 spiro atoms. The lowest BCUT2D eigenvalue weighted by Gasteiger charge is -2.44. The molecule has 5 rings (SSSR count). The number of urea groups is 1. The molecule has 2 amide bonds. The minimum Gasteiger partial charge on any atom is -0.336 e. The fourth-order valence-electron chi connectivity index (χ4n) is 5.60. The summed E-state index contributed by atoms with van der Waals surface area (Å²) >= 11 is 0. The summed E-state index contributed by atoms with van der Waals surface area (Å²) < 4.78 is 28.5. The van der Waals surface area contributed by atoms with Gasteiger partial charge in [-0.3, -0.25) is 0 Å². The highest BCUT2D eigenvalue weighted by Gasteiger charge is 2.67. The average molecular weight is 370 g/mol. The van der Waals surface area contributed by atoms with Crippen LogP contribution < -0.4 is 5.32 Å². The van der Waals surface area contributed by atoms with Gasteiger partial charge in [-0.15, -0.1) is 5.10 Å². The van der Waals surface area contributed by atoms with Gasteiger partial charge in [-0.05, 0) is 42.5 Å². The first-order valence-electron chi connectivity index (χ1n) is 9.26. The Morgan fingerprint density at radius 2 is 1.96 bits per heavy atom. The Kier molecular flexibility index (Phi) is 3.22. The lowest BCUT2D eigenvalue weighted by Crippen LogP contribution is -2.53. The van der Waals surface area contributed by atoms with E-state index in [1.54, 1.807) is 6.07 Å². The number of amides is 2. The van der Waals surface area contributed by atoms with Crippen LogP contribution in [0.5, 0.6) is 0 Å². The Morgan fingerprint density at radius 3 is 2.63 bits per heavy atom. The lowest BCUT2D eigenvalue weighted by molar-refractivity contribution is 0.0502. The van der Waals surface area contributed by atoms with E-state index >= 15 is 0 Å². The predicted molar refractivity (Wildman–Crippen MR) is 94.9 cm³/mol. The lowest BCUT2D eigenvalue weighted by atomic mass is 9.74. The van der Waals surface area contributed by atoms with Crippen LogP contribution in [0.2, 0.25) is 0 Å². The Balaban J connectivity index is 1.70. The van der Waals surface area contributed by atoms with Crippen LogP contribution in [0, 0.1) is 17.0 Å². The Labute approximate surface area is 155 Å². The summed E-state index contributed by atoms with van der Waals surface area (Å²) in [6, 6.07) is 5.47. The molecule has 1 saturated heterocycles. The van der Waals surface area contributed by atoms with Gasteiger partial charge in [-0.1, -0.05) is 19.9 Å². The van der Waals surface area contributed by atoms with E-state index in [0.717, 1.165) is 24.1 Å². The van der Waals surface area contributed by atoms with Crippen LogP contribution in [-0.2, 0) is 5.54 Å². The highest BCUT2D eigenvalue weighted by molar-refractivity contribution is 5.78. The first-order chi connectivity index (χ1) is 12.9. The summed E-state index contributed by atoms with van der Waals surface area (Å²) in [5.41, 5.74) is 1.04. The van der Waals surface area contributed by atoms with Gasteiger partial charge in [0, 0.05) is 18.5 Å². The SMILES string of the molecule is CC1(C)[C@@H]2CC[C@@]1(N1CCNC1=O)c1nnc(-c3c(F)cccc3F)cc12. The third-order valence-electron chi connectivity index (χ3n) is 6.86. The largest absolute Gasteiger partial charge is 0.336 e. The van der Waals surface area contributed by atoms with Crippen molar-refractivity contribution in [3.63, 3.8) is 0 Å². The summed E-state index contributed by atoms with van der Waals surface area (Å²) in [6.07, 6.45) is 1.74. The second-order valence-electron chi connectivity index (χ2n) is 8.19. The minimum absolute atomic E-state index is 0.0809. The number of fused-ring (bicyclic) bond motifs is 5. The number of nitrogens with zero attached hydrogens (tertiary/aromatic N) is 3. The van der Waals surface area contributed by atoms with Crippen molar-refractivity contribution in [1.82, 2.24) is 20.4 Å². The van der Waals surface area contributed by atoms with Crippen molar-refractivity contribution in [2.45, 2.75) is 38.1 Å². The maximum Gasteiger partial charge on any atom is 0.318 e. The van der Waals surface area contributed by atoms with Crippen LogP contribution >= 0.6 is 0 Å². The molecular formula is C20H20F2N4O. The smallest absolute Gasteiger partial charge is 0.318 e. The molecule has 1 N–H and O–H groups in total. The number of benzene rings is 1. The molecule has 1 saturated carbocycles. The van der Waals surface area contributed by atoms with E-state index < -0.39 is 17.2 Å². The molecule has 2 heterocycles. The number of hydrogen-bond acceptors (Lipinski definition) is 3. The normalized spacial score (nSPS) is 27.8. The molecule has 140 valence electrons. The monoisotopic (exact) mass is 370 g/mol. The molecule has 1 aromatic heterocycles. The van der Waals surface area contributed by atoms with Gasteiger partial charge < -0.3 is 10.2 Å². The molecule has 0 unspecified atom stereocenters. The molecule has 2 atom stereocenters. The standard InChI is InChI=1S/C20H20F2N4O/c1-19(2)12-6-7-20(19,26-9-8-23-18(26)27)17-11(12)10-15(24-25-17)16-13(21)4-3-5-14(16)22/h3-5,10,12H,6-9H2,1-2H3,(H,23,27)/t12-,20-/m1/s1. The Bertz CT molecular complexity index is 956. The van der Waals surface area contributed by atoms with Crippen molar-refractivity contribution >= 4 is 6.03 Å². The molecular weight excluding hydrogens is 350 g/mol. The highest BCUT2D eigenvalue weighted by atomic mass is 19.1. The van der Waals surface area contributed by atoms with Crippen LogP contribution in [0.1, 0.15) is 43.9 Å². The third-order valence-corrected chi connectivity index (χ3v) is 6.86. The summed E-state index contributed by atoms with van der Waals surface area (Å²) in [5.74, 6) is -1.13. The summed E-state index contributed by atoms with van der Waals surface area (Å²) in [5, 5.41) is 11.5. The second-order valence-corrected chi connectivity index (χ2v) is 8.19. The fourth-order valence-corrected chi connectivity index (χ4v) is 5.60. The van der Waals surface area contributed by atoms with Crippen LogP contribution in [0.25, 0.3) is 11.3 Å². The number of hydrogen-bond donors (Lipinski definition) is 1. The van der Waals surface area contributed by atoms with Crippen molar-refractivity contribution in [2.75, 3.05) is 13.1 Å². The van der Waals surface area contributed by atoms with Crippen LogP contribution in [0.15, 0.2) is 24.3 Å². The number of carbonyl (C=O) groups is 1. The fraction of sp³-hybridized carbons (Fsp3) is 0.450. The van der Waals surface area contributed by atoms with Gasteiger partial charge in [0.05, 0.1) is 22.5 Å². The van der Waals surface area contributed by atoms with Gasteiger partial charge in [-0.25, -0.2) is 13.6 Å². The van der Waals surface area contributed by atoms with E-state index in [1.807, 2.05) is 4.90 Å². The number of rotatable bonds is 2. The maximum absolute atomic E-state index is 14.2. The van der Waals surface area contributed by atoms with Crippen molar-refractivity contribution < 1.29 is 13.6 Å². The van der Waals surface area contributed by atoms with Gasteiger partial charge >= 0.3 is 6.03 Å². The zero-order valence-corrected chi connectivity index (χ0v) is 15.2. The van der Waals surface area contributed by atoms with Gasteiger partial charge in [0.1, 0.15) is 11.6 Å². The molecule has 2 aromatic rings. The second kappa shape index (κ2) is 5.24. The molecule has 0 radical (unpaired) electrons. The van der Waals surface area contributed by atoms with Gasteiger partial charge in [-0.2, -0.15) is 5.10 Å². The zero-order chi connectivity index (χ0) is 19.0. The molecule has 27 heavy (non-hydrogen) atoms. The third kappa shape index (κ3) is 1.89. The van der Waals surface area contributed by atoms with Crippen LogP contribution in [0.4, 0.5) is 13.6 Å². The minimum atomic E-state index is -0.652. The molecule has 1 aliphatic heterocycles. The predicted octanol–water partition coefficient (Wildman–Crippen LogP) is 3.56. The van der Waals surface area contributed by atoms with E-state index in [1.165, 1.54) is 18.2 Å². The van der Waals surface area contributed by atoms with E-state index in [0.29, 0.717) is 13.1 Å². The molecule has 2 fully saturated rings. The van der Waals surface area contributed by atoms with E-state index in [-0.39, 0.29) is 28.6 Å². The molecule has 2 bridgehead atoms. The van der Waals surface area contributed by atoms with Crippen molar-refractivity contribution in [1.29, 1.82) is 0 Å². The summed E-state index contributed by atoms with van der Waals surface area (Å²) in [7, 11) is 0. The first kappa shape index (κ1) is 16.6. The Morgan fingerprint density at radius 1 is 1.22 bits per heavy atom. The molecule has 1 aromatic carbocycles. The number of nitrogens with one attached hydrogen (secondary N) is 1. The van der Waals surface area contributed by atoms with E-state index in [2.05, 4.69) is 29.4 Å². The molecule has 2 aliphatic carbocycles. The van der Waals surface area contributed by atoms with Gasteiger partial charge in [0.2, 0.25) is 0 Å². The number of aromatic nitrogens is 2. The van der Waals surface area contributed by atoms with Gasteiger partial charge in [0.25, 0.3) is 0 Å². The van der Waals surface area contributed by atoms with Crippen molar-refractivity contribution in [3.05, 3.63) is 47.2 Å². The van der Waals surface area contributed by atoms with Crippen molar-refractivity contribution in [3.8, 4) is 11.3 Å². The van der Waals surface area contributed by atoms with Crippen LogP contribution in [0.3, 0.4) is 0 Å². The van der Waals surface area contributed by atoms with E-state index in [4.69, 9.17) is 0 Å². The Hall–Kier alpha value is -2.57. The first-order valence-corrected chi connectivity index (χ1v) is 9.26. The molecule has 3 aliphatic rings. The number of halogens is 2. The molecule has 7 heteroatoms. The highest BCUT2D eigenvalue weighted by Crippen LogP contribution is 2.68. The van der Waals surface area contributed by atoms with Crippen LogP contribution in [-0.4, -0.2) is 34.2 Å². The topological polar surface area (TPSA) is 58.1 Å². The summed E-state index contributed by atoms with van der Waals surface area (Å²) in [4.78, 5) is 14.4. The van der Waals surface area contributed by atoms with Crippen molar-refractivity contribution in [2.24, 2.45) is 5.41 Å². The average Bonchev–Trinajstić information content (AvgIpc) is 3.22. The maximum atomic E-state index is 14.2.